The molecule has 1 aliphatic rings. The monoisotopic (exact) mass is 341 g/mol. The molecule has 0 spiro atoms. The number of hydrogen-bond acceptors (Lipinski definition) is 5. The lowest BCUT2D eigenvalue weighted by atomic mass is 10.0. The third-order valence-electron chi connectivity index (χ3n) is 4.81. The fraction of sp³-hybridized carbons (Fsp3) is 0.421. The maximum atomic E-state index is 5.92. The third-order valence-corrected chi connectivity index (χ3v) is 4.81. The molecule has 25 heavy (non-hydrogen) atoms. The highest BCUT2D eigenvalue weighted by molar-refractivity contribution is 5.79. The van der Waals surface area contributed by atoms with Crippen LogP contribution >= 0.6 is 0 Å². The van der Waals surface area contributed by atoms with Gasteiger partial charge in [0.2, 0.25) is 0 Å². The number of rotatable bonds is 5. The minimum absolute atomic E-state index is 0.0960. The van der Waals surface area contributed by atoms with Gasteiger partial charge in [-0.1, -0.05) is 0 Å². The number of imidazole rings is 1. The van der Waals surface area contributed by atoms with E-state index in [1.807, 2.05) is 42.3 Å². The maximum absolute atomic E-state index is 5.92. The standard InChI is InChI=1S/C19H23N3O3/c1-22-12-20-11-17(22)19-9-14(5-6-24-19)21-10-16-8-13-7-15(23-2)3-4-18(13)25-16/h3-4,7-8,11-12,14,19,21H,5-6,9-10H2,1-2H3/t14-,19-/m1/s1. The zero-order valence-electron chi connectivity index (χ0n) is 14.6. The summed E-state index contributed by atoms with van der Waals surface area (Å²) in [6.07, 6.45) is 5.74. The van der Waals surface area contributed by atoms with Crippen LogP contribution in [-0.2, 0) is 18.3 Å². The summed E-state index contributed by atoms with van der Waals surface area (Å²) in [4.78, 5) is 4.19. The predicted molar refractivity (Wildman–Crippen MR) is 94.5 cm³/mol. The van der Waals surface area contributed by atoms with E-state index in [9.17, 15) is 0 Å². The van der Waals surface area contributed by atoms with Gasteiger partial charge in [-0.15, -0.1) is 0 Å². The largest absolute Gasteiger partial charge is 0.497 e. The number of ether oxygens (including phenoxy) is 2. The van der Waals surface area contributed by atoms with E-state index >= 15 is 0 Å². The van der Waals surface area contributed by atoms with Gasteiger partial charge in [-0.25, -0.2) is 4.98 Å². The Kier molecular flexibility index (Phi) is 4.46. The number of furan rings is 1. The second kappa shape index (κ2) is 6.90. The SMILES string of the molecule is COc1ccc2oc(CN[C@@H]3CCO[C@@H](c4cncn4C)C3)cc2c1. The number of aromatic nitrogens is 2. The first kappa shape index (κ1) is 16.2. The van der Waals surface area contributed by atoms with E-state index in [1.54, 1.807) is 7.11 Å². The summed E-state index contributed by atoms with van der Waals surface area (Å²) in [5, 5.41) is 4.67. The van der Waals surface area contributed by atoms with Crippen LogP contribution in [0.2, 0.25) is 0 Å². The van der Waals surface area contributed by atoms with Gasteiger partial charge >= 0.3 is 0 Å². The molecule has 3 aromatic rings. The summed E-state index contributed by atoms with van der Waals surface area (Å²) in [6, 6.07) is 8.33. The van der Waals surface area contributed by atoms with E-state index < -0.39 is 0 Å². The van der Waals surface area contributed by atoms with Crippen molar-refractivity contribution in [2.45, 2.75) is 31.5 Å². The van der Waals surface area contributed by atoms with Crippen molar-refractivity contribution in [3.8, 4) is 5.75 Å². The molecule has 1 aliphatic heterocycles. The van der Waals surface area contributed by atoms with Gasteiger partial charge in [0, 0.05) is 25.1 Å². The Morgan fingerprint density at radius 1 is 1.36 bits per heavy atom. The molecule has 4 rings (SSSR count). The quantitative estimate of drug-likeness (QED) is 0.772. The van der Waals surface area contributed by atoms with E-state index in [1.165, 1.54) is 0 Å². The van der Waals surface area contributed by atoms with Gasteiger partial charge in [0.1, 0.15) is 23.2 Å². The maximum Gasteiger partial charge on any atom is 0.134 e. The molecular weight excluding hydrogens is 318 g/mol. The highest BCUT2D eigenvalue weighted by Gasteiger charge is 2.25. The summed E-state index contributed by atoms with van der Waals surface area (Å²) >= 11 is 0. The second-order valence-electron chi connectivity index (χ2n) is 6.51. The first-order valence-electron chi connectivity index (χ1n) is 8.60. The number of fused-ring (bicyclic) bond motifs is 1. The normalized spacial score (nSPS) is 20.9. The second-order valence-corrected chi connectivity index (χ2v) is 6.51. The number of aryl methyl sites for hydroxylation is 1. The van der Waals surface area contributed by atoms with Crippen LogP contribution in [0.3, 0.4) is 0 Å². The van der Waals surface area contributed by atoms with Gasteiger partial charge in [0.25, 0.3) is 0 Å². The fourth-order valence-corrected chi connectivity index (χ4v) is 3.40. The van der Waals surface area contributed by atoms with Gasteiger partial charge in [-0.3, -0.25) is 0 Å². The van der Waals surface area contributed by atoms with E-state index in [0.29, 0.717) is 12.6 Å². The predicted octanol–water partition coefficient (Wildman–Crippen LogP) is 3.18. The Hall–Kier alpha value is -2.31. The molecule has 2 atom stereocenters. The van der Waals surface area contributed by atoms with Crippen molar-refractivity contribution in [3.63, 3.8) is 0 Å². The van der Waals surface area contributed by atoms with Gasteiger partial charge < -0.3 is 23.8 Å². The number of nitrogens with zero attached hydrogens (tertiary/aromatic N) is 2. The zero-order valence-corrected chi connectivity index (χ0v) is 14.6. The minimum Gasteiger partial charge on any atom is -0.497 e. The first-order chi connectivity index (χ1) is 12.2. The van der Waals surface area contributed by atoms with Gasteiger partial charge in [0.15, 0.2) is 0 Å². The molecule has 132 valence electrons. The molecule has 2 aromatic heterocycles. The Bertz CT molecular complexity index is 855. The molecule has 0 saturated carbocycles. The first-order valence-corrected chi connectivity index (χ1v) is 8.60. The number of nitrogens with one attached hydrogen (secondary N) is 1. The van der Waals surface area contributed by atoms with Crippen LogP contribution in [0.25, 0.3) is 11.0 Å². The van der Waals surface area contributed by atoms with Crippen LogP contribution < -0.4 is 10.1 Å². The van der Waals surface area contributed by atoms with Gasteiger partial charge in [-0.2, -0.15) is 0 Å². The Labute approximate surface area is 146 Å². The molecule has 1 saturated heterocycles. The summed E-state index contributed by atoms with van der Waals surface area (Å²) in [5.41, 5.74) is 2.01. The Balaban J connectivity index is 1.40. The molecule has 6 heteroatoms. The zero-order chi connectivity index (χ0) is 17.2. The van der Waals surface area contributed by atoms with Crippen LogP contribution in [0.5, 0.6) is 5.75 Å². The molecule has 6 nitrogen and oxygen atoms in total. The number of hydrogen-bond donors (Lipinski definition) is 1. The smallest absolute Gasteiger partial charge is 0.134 e. The average molecular weight is 341 g/mol. The topological polar surface area (TPSA) is 61.4 Å². The van der Waals surface area contributed by atoms with Crippen molar-refractivity contribution in [2.75, 3.05) is 13.7 Å². The van der Waals surface area contributed by atoms with Crippen LogP contribution in [0.15, 0.2) is 41.2 Å². The highest BCUT2D eigenvalue weighted by Crippen LogP contribution is 2.28. The van der Waals surface area contributed by atoms with E-state index in [4.69, 9.17) is 13.9 Å². The molecule has 1 fully saturated rings. The molecule has 1 aromatic carbocycles. The Morgan fingerprint density at radius 2 is 2.28 bits per heavy atom. The van der Waals surface area contributed by atoms with Crippen molar-refractivity contribution in [1.29, 1.82) is 0 Å². The minimum atomic E-state index is 0.0960. The summed E-state index contributed by atoms with van der Waals surface area (Å²) in [5.74, 6) is 1.78. The van der Waals surface area contributed by atoms with E-state index in [-0.39, 0.29) is 6.10 Å². The van der Waals surface area contributed by atoms with Crippen molar-refractivity contribution in [2.24, 2.45) is 7.05 Å². The molecule has 1 N–H and O–H groups in total. The van der Waals surface area contributed by atoms with Crippen molar-refractivity contribution >= 4 is 11.0 Å². The molecule has 0 radical (unpaired) electrons. The molecule has 3 heterocycles. The Morgan fingerprint density at radius 3 is 3.08 bits per heavy atom. The summed E-state index contributed by atoms with van der Waals surface area (Å²) in [6.45, 7) is 1.46. The lowest BCUT2D eigenvalue weighted by Crippen LogP contribution is -2.36. The number of benzene rings is 1. The lowest BCUT2D eigenvalue weighted by molar-refractivity contribution is -0.00428. The summed E-state index contributed by atoms with van der Waals surface area (Å²) < 4.78 is 19.1. The van der Waals surface area contributed by atoms with Gasteiger partial charge in [-0.05, 0) is 37.1 Å². The van der Waals surface area contributed by atoms with Crippen LogP contribution in [0.4, 0.5) is 0 Å². The molecule has 0 bridgehead atoms. The molecule has 0 aliphatic carbocycles. The van der Waals surface area contributed by atoms with Gasteiger partial charge in [0.05, 0.1) is 31.9 Å². The van der Waals surface area contributed by atoms with E-state index in [0.717, 1.165) is 47.6 Å². The highest BCUT2D eigenvalue weighted by atomic mass is 16.5. The third kappa shape index (κ3) is 3.41. The van der Waals surface area contributed by atoms with Crippen LogP contribution in [0.1, 0.15) is 30.4 Å². The molecule has 0 unspecified atom stereocenters. The van der Waals surface area contributed by atoms with Crippen molar-refractivity contribution < 1.29 is 13.9 Å². The van der Waals surface area contributed by atoms with Crippen LogP contribution in [0, 0.1) is 0 Å². The van der Waals surface area contributed by atoms with E-state index in [2.05, 4.69) is 16.4 Å². The number of methoxy groups -OCH3 is 1. The van der Waals surface area contributed by atoms with Crippen molar-refractivity contribution in [3.05, 3.63) is 48.2 Å². The van der Waals surface area contributed by atoms with Crippen molar-refractivity contribution in [1.82, 2.24) is 14.9 Å². The molecular formula is C19H23N3O3. The summed E-state index contributed by atoms with van der Waals surface area (Å²) in [7, 11) is 3.68. The fourth-order valence-electron chi connectivity index (χ4n) is 3.40. The average Bonchev–Trinajstić information content (AvgIpc) is 3.25. The van der Waals surface area contributed by atoms with Crippen LogP contribution in [-0.4, -0.2) is 29.3 Å². The molecule has 0 amide bonds. The lowest BCUT2D eigenvalue weighted by Gasteiger charge is -2.30.